The highest BCUT2D eigenvalue weighted by atomic mass is 15.1. The molecule has 2 aromatic carbocycles. The predicted molar refractivity (Wildman–Crippen MR) is 69.8 cm³/mol. The van der Waals surface area contributed by atoms with Gasteiger partial charge in [-0.25, -0.2) is 0 Å². The number of nitrogens with zero attached hydrogens (tertiary/aromatic N) is 1. The molecule has 0 aromatic heterocycles. The number of nitrogens with two attached hydrogens (primary N) is 2. The van der Waals surface area contributed by atoms with E-state index in [9.17, 15) is 0 Å². The van der Waals surface area contributed by atoms with Gasteiger partial charge < -0.3 is 16.4 Å². The topological polar surface area (TPSA) is 55.3 Å². The van der Waals surface area contributed by atoms with Crippen LogP contribution < -0.4 is 16.4 Å². The molecule has 0 unspecified atom stereocenters. The number of anilines is 4. The number of benzene rings is 2. The fraction of sp³-hybridized carbons (Fsp3) is 0.0769. The fourth-order valence-electron chi connectivity index (χ4n) is 1.54. The average Bonchev–Trinajstić information content (AvgIpc) is 2.30. The molecule has 16 heavy (non-hydrogen) atoms. The quantitative estimate of drug-likeness (QED) is 0.754. The van der Waals surface area contributed by atoms with Crippen LogP contribution in [0.3, 0.4) is 0 Å². The standard InChI is InChI=1S/C13H15N3/c1-16(12-6-2-10(14)3-7-12)13-8-4-11(15)5-9-13/h2-9H,14-15H2,1H3. The van der Waals surface area contributed by atoms with Gasteiger partial charge in [0, 0.05) is 29.8 Å². The second-order valence-electron chi connectivity index (χ2n) is 3.74. The molecule has 3 heteroatoms. The monoisotopic (exact) mass is 213 g/mol. The zero-order valence-electron chi connectivity index (χ0n) is 9.22. The minimum Gasteiger partial charge on any atom is -0.399 e. The van der Waals surface area contributed by atoms with Crippen LogP contribution in [0.25, 0.3) is 0 Å². The van der Waals surface area contributed by atoms with Gasteiger partial charge in [0.15, 0.2) is 0 Å². The van der Waals surface area contributed by atoms with Crippen LogP contribution in [0.15, 0.2) is 48.5 Å². The molecule has 0 saturated heterocycles. The summed E-state index contributed by atoms with van der Waals surface area (Å²) in [6.45, 7) is 0. The Hall–Kier alpha value is -2.16. The van der Waals surface area contributed by atoms with Crippen LogP contribution in [-0.4, -0.2) is 7.05 Å². The largest absolute Gasteiger partial charge is 0.399 e. The molecule has 0 amide bonds. The zero-order chi connectivity index (χ0) is 11.5. The molecule has 0 saturated carbocycles. The van der Waals surface area contributed by atoms with E-state index in [1.165, 1.54) is 0 Å². The number of nitrogen functional groups attached to an aromatic ring is 2. The summed E-state index contributed by atoms with van der Waals surface area (Å²) >= 11 is 0. The van der Waals surface area contributed by atoms with Gasteiger partial charge in [0.1, 0.15) is 0 Å². The molecular weight excluding hydrogens is 198 g/mol. The highest BCUT2D eigenvalue weighted by molar-refractivity contribution is 5.65. The van der Waals surface area contributed by atoms with Crippen molar-refractivity contribution in [3.63, 3.8) is 0 Å². The van der Waals surface area contributed by atoms with Crippen LogP contribution in [0.1, 0.15) is 0 Å². The molecule has 3 nitrogen and oxygen atoms in total. The summed E-state index contributed by atoms with van der Waals surface area (Å²) in [5, 5.41) is 0. The minimum atomic E-state index is 0.773. The molecule has 0 heterocycles. The lowest BCUT2D eigenvalue weighted by Gasteiger charge is -2.19. The summed E-state index contributed by atoms with van der Waals surface area (Å²) in [4.78, 5) is 2.08. The van der Waals surface area contributed by atoms with E-state index in [2.05, 4.69) is 4.90 Å². The van der Waals surface area contributed by atoms with Gasteiger partial charge in [0.05, 0.1) is 0 Å². The van der Waals surface area contributed by atoms with Crippen LogP contribution in [0.4, 0.5) is 22.7 Å². The highest BCUT2D eigenvalue weighted by Crippen LogP contribution is 2.24. The molecule has 0 bridgehead atoms. The SMILES string of the molecule is CN(c1ccc(N)cc1)c1ccc(N)cc1. The van der Waals surface area contributed by atoms with Gasteiger partial charge >= 0.3 is 0 Å². The van der Waals surface area contributed by atoms with Gasteiger partial charge in [-0.05, 0) is 48.5 Å². The van der Waals surface area contributed by atoms with Crippen molar-refractivity contribution in [2.45, 2.75) is 0 Å². The van der Waals surface area contributed by atoms with Crippen molar-refractivity contribution >= 4 is 22.7 Å². The van der Waals surface area contributed by atoms with E-state index in [1.54, 1.807) is 0 Å². The maximum Gasteiger partial charge on any atom is 0.0409 e. The molecule has 2 rings (SSSR count). The molecule has 0 radical (unpaired) electrons. The van der Waals surface area contributed by atoms with E-state index in [-0.39, 0.29) is 0 Å². The van der Waals surface area contributed by atoms with Crippen LogP contribution in [0.5, 0.6) is 0 Å². The fourth-order valence-corrected chi connectivity index (χ4v) is 1.54. The maximum absolute atomic E-state index is 5.65. The lowest BCUT2D eigenvalue weighted by Crippen LogP contribution is -2.09. The lowest BCUT2D eigenvalue weighted by molar-refractivity contribution is 1.21. The summed E-state index contributed by atoms with van der Waals surface area (Å²) in [5.74, 6) is 0. The molecule has 2 aromatic rings. The number of hydrogen-bond donors (Lipinski definition) is 2. The Labute approximate surface area is 95.3 Å². The van der Waals surface area contributed by atoms with Gasteiger partial charge in [-0.15, -0.1) is 0 Å². The first-order chi connectivity index (χ1) is 7.66. The molecule has 0 aliphatic rings. The van der Waals surface area contributed by atoms with Gasteiger partial charge in [-0.3, -0.25) is 0 Å². The lowest BCUT2D eigenvalue weighted by atomic mass is 10.2. The second-order valence-corrected chi connectivity index (χ2v) is 3.74. The maximum atomic E-state index is 5.65. The first kappa shape index (κ1) is 10.4. The van der Waals surface area contributed by atoms with Crippen molar-refractivity contribution in [1.82, 2.24) is 0 Å². The van der Waals surface area contributed by atoms with E-state index >= 15 is 0 Å². The van der Waals surface area contributed by atoms with Crippen LogP contribution in [0.2, 0.25) is 0 Å². The highest BCUT2D eigenvalue weighted by Gasteiger charge is 2.02. The van der Waals surface area contributed by atoms with Crippen LogP contribution in [-0.2, 0) is 0 Å². The van der Waals surface area contributed by atoms with Crippen LogP contribution in [0, 0.1) is 0 Å². The Morgan fingerprint density at radius 1 is 0.688 bits per heavy atom. The molecule has 0 spiro atoms. The van der Waals surface area contributed by atoms with Crippen LogP contribution >= 0.6 is 0 Å². The van der Waals surface area contributed by atoms with E-state index in [4.69, 9.17) is 11.5 Å². The Morgan fingerprint density at radius 2 is 1.00 bits per heavy atom. The van der Waals surface area contributed by atoms with E-state index in [1.807, 2.05) is 55.6 Å². The first-order valence-electron chi connectivity index (χ1n) is 5.11. The Morgan fingerprint density at radius 3 is 1.31 bits per heavy atom. The van der Waals surface area contributed by atoms with E-state index in [0.717, 1.165) is 22.7 Å². The van der Waals surface area contributed by atoms with Gasteiger partial charge in [-0.1, -0.05) is 0 Å². The average molecular weight is 213 g/mol. The zero-order valence-corrected chi connectivity index (χ0v) is 9.22. The van der Waals surface area contributed by atoms with Crippen molar-refractivity contribution in [2.24, 2.45) is 0 Å². The third-order valence-electron chi connectivity index (χ3n) is 2.56. The number of hydrogen-bond acceptors (Lipinski definition) is 3. The molecular formula is C13H15N3. The molecule has 0 aliphatic carbocycles. The molecule has 0 aliphatic heterocycles. The summed E-state index contributed by atoms with van der Waals surface area (Å²) in [7, 11) is 2.01. The summed E-state index contributed by atoms with van der Waals surface area (Å²) in [6.07, 6.45) is 0. The van der Waals surface area contributed by atoms with Crippen molar-refractivity contribution in [3.8, 4) is 0 Å². The van der Waals surface area contributed by atoms with Crippen molar-refractivity contribution in [1.29, 1.82) is 0 Å². The minimum absolute atomic E-state index is 0.773. The van der Waals surface area contributed by atoms with Gasteiger partial charge in [0.2, 0.25) is 0 Å². The summed E-state index contributed by atoms with van der Waals surface area (Å²) < 4.78 is 0. The molecule has 4 N–H and O–H groups in total. The normalized spacial score (nSPS) is 10.1. The van der Waals surface area contributed by atoms with Gasteiger partial charge in [0.25, 0.3) is 0 Å². The smallest absolute Gasteiger partial charge is 0.0409 e. The summed E-state index contributed by atoms with van der Waals surface area (Å²) in [5.41, 5.74) is 15.0. The molecule has 82 valence electrons. The van der Waals surface area contributed by atoms with Crippen molar-refractivity contribution in [3.05, 3.63) is 48.5 Å². The third kappa shape index (κ3) is 2.08. The summed E-state index contributed by atoms with van der Waals surface area (Å²) in [6, 6.07) is 15.5. The number of rotatable bonds is 2. The predicted octanol–water partition coefficient (Wildman–Crippen LogP) is 2.62. The Bertz CT molecular complexity index is 414. The third-order valence-corrected chi connectivity index (χ3v) is 2.56. The first-order valence-corrected chi connectivity index (χ1v) is 5.11. The Kier molecular flexibility index (Phi) is 2.68. The Balaban J connectivity index is 2.28. The van der Waals surface area contributed by atoms with E-state index in [0.29, 0.717) is 0 Å². The van der Waals surface area contributed by atoms with Gasteiger partial charge in [-0.2, -0.15) is 0 Å². The van der Waals surface area contributed by atoms with Crippen molar-refractivity contribution < 1.29 is 0 Å². The van der Waals surface area contributed by atoms with E-state index < -0.39 is 0 Å². The van der Waals surface area contributed by atoms with Crippen molar-refractivity contribution in [2.75, 3.05) is 23.4 Å². The molecule has 0 fully saturated rings. The molecule has 0 atom stereocenters. The second kappa shape index (κ2) is 4.14.